The van der Waals surface area contributed by atoms with E-state index in [4.69, 9.17) is 21.6 Å². The van der Waals surface area contributed by atoms with Gasteiger partial charge in [0.1, 0.15) is 16.0 Å². The largest absolute Gasteiger partial charge is 0.479 e. The highest BCUT2D eigenvalue weighted by Crippen LogP contribution is 2.31. The SMILES string of the molecule is Cc1cc(S(=O)(=O)Nc2ccc(OCC#N)cc2)sc1Cl. The van der Waals surface area contributed by atoms with Gasteiger partial charge in [-0.05, 0) is 42.8 Å². The number of halogens is 1. The van der Waals surface area contributed by atoms with Crippen molar-refractivity contribution in [1.29, 1.82) is 5.26 Å². The third-order valence-corrected chi connectivity index (χ3v) is 5.92. The molecule has 2 aromatic rings. The number of sulfonamides is 1. The molecule has 0 fully saturated rings. The summed E-state index contributed by atoms with van der Waals surface area (Å²) in [6.45, 7) is 1.69. The maximum atomic E-state index is 12.2. The number of nitrogens with one attached hydrogen (secondary N) is 1. The molecule has 8 heteroatoms. The van der Waals surface area contributed by atoms with E-state index in [9.17, 15) is 8.42 Å². The summed E-state index contributed by atoms with van der Waals surface area (Å²) in [4.78, 5) is 0. The molecule has 0 aliphatic rings. The molecular formula is C13H11ClN2O3S2. The Bertz CT molecular complexity index is 757. The molecule has 1 aromatic carbocycles. The van der Waals surface area contributed by atoms with Gasteiger partial charge in [-0.25, -0.2) is 8.42 Å². The predicted molar refractivity (Wildman–Crippen MR) is 82.4 cm³/mol. The summed E-state index contributed by atoms with van der Waals surface area (Å²) in [5.41, 5.74) is 1.13. The lowest BCUT2D eigenvalue weighted by molar-refractivity contribution is 0.368. The van der Waals surface area contributed by atoms with Crippen LogP contribution in [0.4, 0.5) is 5.69 Å². The topological polar surface area (TPSA) is 79.2 Å². The Morgan fingerprint density at radius 1 is 1.38 bits per heavy atom. The van der Waals surface area contributed by atoms with E-state index in [1.807, 2.05) is 6.07 Å². The molecule has 0 aliphatic carbocycles. The first-order valence-corrected chi connectivity index (χ1v) is 8.49. The summed E-state index contributed by atoms with van der Waals surface area (Å²) in [7, 11) is -3.65. The second kappa shape index (κ2) is 6.35. The standard InChI is InChI=1S/C13H11ClN2O3S2/c1-9-8-12(20-13(9)14)21(17,18)16-10-2-4-11(5-3-10)19-7-6-15/h2-5,8,16H,7H2,1H3. The van der Waals surface area contributed by atoms with Crippen molar-refractivity contribution in [2.45, 2.75) is 11.1 Å². The zero-order valence-corrected chi connectivity index (χ0v) is 13.3. The number of nitriles is 1. The van der Waals surface area contributed by atoms with E-state index in [-0.39, 0.29) is 10.8 Å². The van der Waals surface area contributed by atoms with Gasteiger partial charge in [-0.1, -0.05) is 11.6 Å². The van der Waals surface area contributed by atoms with Crippen LogP contribution in [0.15, 0.2) is 34.5 Å². The number of ether oxygens (including phenoxy) is 1. The van der Waals surface area contributed by atoms with Crippen molar-refractivity contribution in [3.8, 4) is 11.8 Å². The van der Waals surface area contributed by atoms with Crippen molar-refractivity contribution in [2.24, 2.45) is 0 Å². The van der Waals surface area contributed by atoms with E-state index in [1.54, 1.807) is 31.2 Å². The number of nitrogens with zero attached hydrogens (tertiary/aromatic N) is 1. The molecule has 2 rings (SSSR count). The molecule has 0 saturated carbocycles. The highest BCUT2D eigenvalue weighted by atomic mass is 35.5. The number of anilines is 1. The molecular weight excluding hydrogens is 332 g/mol. The van der Waals surface area contributed by atoms with Crippen molar-refractivity contribution in [1.82, 2.24) is 0 Å². The Hall–Kier alpha value is -1.75. The lowest BCUT2D eigenvalue weighted by Crippen LogP contribution is -2.11. The van der Waals surface area contributed by atoms with Gasteiger partial charge in [0.2, 0.25) is 0 Å². The van der Waals surface area contributed by atoms with Crippen LogP contribution in [0.5, 0.6) is 5.75 Å². The quantitative estimate of drug-likeness (QED) is 0.903. The second-order valence-corrected chi connectivity index (χ2v) is 7.66. The minimum atomic E-state index is -3.65. The predicted octanol–water partition coefficient (Wildman–Crippen LogP) is 3.41. The summed E-state index contributed by atoms with van der Waals surface area (Å²) in [5, 5.41) is 8.41. The molecule has 1 aromatic heterocycles. The molecule has 1 N–H and O–H groups in total. The van der Waals surface area contributed by atoms with Gasteiger partial charge in [0, 0.05) is 5.69 Å². The molecule has 110 valence electrons. The van der Waals surface area contributed by atoms with Gasteiger partial charge >= 0.3 is 0 Å². The third kappa shape index (κ3) is 3.88. The van der Waals surface area contributed by atoms with E-state index in [0.29, 0.717) is 15.8 Å². The molecule has 0 amide bonds. The number of benzene rings is 1. The Labute approximate surface area is 131 Å². The van der Waals surface area contributed by atoms with Crippen LogP contribution in [0.1, 0.15) is 5.56 Å². The van der Waals surface area contributed by atoms with Crippen LogP contribution in [0.2, 0.25) is 4.34 Å². The Morgan fingerprint density at radius 2 is 2.05 bits per heavy atom. The normalized spacial score (nSPS) is 10.9. The van der Waals surface area contributed by atoms with E-state index in [1.165, 1.54) is 6.07 Å². The minimum absolute atomic E-state index is 0.0575. The fourth-order valence-corrected chi connectivity index (χ4v) is 4.27. The molecule has 0 aliphatic heterocycles. The zero-order chi connectivity index (χ0) is 15.5. The van der Waals surface area contributed by atoms with Crippen LogP contribution in [0.3, 0.4) is 0 Å². The summed E-state index contributed by atoms with van der Waals surface area (Å²) in [6.07, 6.45) is 0. The highest BCUT2D eigenvalue weighted by molar-refractivity contribution is 7.94. The zero-order valence-electron chi connectivity index (χ0n) is 11.0. The number of thiophene rings is 1. The van der Waals surface area contributed by atoms with Crippen LogP contribution >= 0.6 is 22.9 Å². The van der Waals surface area contributed by atoms with Gasteiger partial charge in [0.15, 0.2) is 6.61 Å². The number of hydrogen-bond acceptors (Lipinski definition) is 5. The number of hydrogen-bond donors (Lipinski definition) is 1. The van der Waals surface area contributed by atoms with Crippen molar-refractivity contribution < 1.29 is 13.2 Å². The van der Waals surface area contributed by atoms with Gasteiger partial charge < -0.3 is 4.74 Å². The third-order valence-electron chi connectivity index (χ3n) is 2.51. The lowest BCUT2D eigenvalue weighted by Gasteiger charge is -2.07. The van der Waals surface area contributed by atoms with Crippen molar-refractivity contribution in [2.75, 3.05) is 11.3 Å². The van der Waals surface area contributed by atoms with Gasteiger partial charge in [0.25, 0.3) is 10.0 Å². The van der Waals surface area contributed by atoms with E-state index < -0.39 is 10.0 Å². The highest BCUT2D eigenvalue weighted by Gasteiger charge is 2.18. The minimum Gasteiger partial charge on any atom is -0.479 e. The van der Waals surface area contributed by atoms with Crippen LogP contribution < -0.4 is 9.46 Å². The molecule has 0 bridgehead atoms. The maximum absolute atomic E-state index is 12.2. The summed E-state index contributed by atoms with van der Waals surface area (Å²) in [5.74, 6) is 0.495. The summed E-state index contributed by atoms with van der Waals surface area (Å²) >= 11 is 6.90. The van der Waals surface area contributed by atoms with Gasteiger partial charge in [-0.15, -0.1) is 11.3 Å². The first-order valence-electron chi connectivity index (χ1n) is 5.81. The molecule has 5 nitrogen and oxygen atoms in total. The van der Waals surface area contributed by atoms with Crippen LogP contribution in [-0.4, -0.2) is 15.0 Å². The first-order chi connectivity index (χ1) is 9.92. The van der Waals surface area contributed by atoms with Crippen LogP contribution in [0.25, 0.3) is 0 Å². The second-order valence-electron chi connectivity index (χ2n) is 4.10. The summed E-state index contributed by atoms with van der Waals surface area (Å²) < 4.78 is 32.5. The van der Waals surface area contributed by atoms with Crippen LogP contribution in [-0.2, 0) is 10.0 Å². The lowest BCUT2D eigenvalue weighted by atomic mass is 10.3. The Kier molecular flexibility index (Phi) is 4.73. The van der Waals surface area contributed by atoms with E-state index in [2.05, 4.69) is 4.72 Å². The van der Waals surface area contributed by atoms with Crippen molar-refractivity contribution in [3.63, 3.8) is 0 Å². The molecule has 0 spiro atoms. The number of rotatable bonds is 5. The van der Waals surface area contributed by atoms with Crippen molar-refractivity contribution >= 4 is 38.6 Å². The maximum Gasteiger partial charge on any atom is 0.271 e. The molecule has 0 unspecified atom stereocenters. The molecule has 1 heterocycles. The fraction of sp³-hybridized carbons (Fsp3) is 0.154. The molecule has 0 saturated heterocycles. The van der Waals surface area contributed by atoms with Gasteiger partial charge in [-0.3, -0.25) is 4.72 Å². The Morgan fingerprint density at radius 3 is 2.57 bits per heavy atom. The average molecular weight is 343 g/mol. The van der Waals surface area contributed by atoms with Crippen LogP contribution in [0, 0.1) is 18.3 Å². The van der Waals surface area contributed by atoms with Gasteiger partial charge in [0.05, 0.1) is 4.34 Å². The average Bonchev–Trinajstić information content (AvgIpc) is 2.78. The monoisotopic (exact) mass is 342 g/mol. The molecule has 0 radical (unpaired) electrons. The fourth-order valence-electron chi connectivity index (χ4n) is 1.50. The van der Waals surface area contributed by atoms with Crippen molar-refractivity contribution in [3.05, 3.63) is 40.2 Å². The molecule has 0 atom stereocenters. The Balaban J connectivity index is 2.15. The molecule has 21 heavy (non-hydrogen) atoms. The first kappa shape index (κ1) is 15.6. The summed E-state index contributed by atoms with van der Waals surface area (Å²) in [6, 6.07) is 9.67. The van der Waals surface area contributed by atoms with E-state index in [0.717, 1.165) is 16.9 Å². The van der Waals surface area contributed by atoms with E-state index >= 15 is 0 Å². The number of aryl methyl sites for hydroxylation is 1. The smallest absolute Gasteiger partial charge is 0.271 e. The van der Waals surface area contributed by atoms with Gasteiger partial charge in [-0.2, -0.15) is 5.26 Å².